The lowest BCUT2D eigenvalue weighted by molar-refractivity contribution is 0.277. The lowest BCUT2D eigenvalue weighted by atomic mass is 10.1. The molecular weight excluding hydrogens is 242 g/mol. The first kappa shape index (κ1) is 10.8. The fraction of sp³-hybridized carbons (Fsp3) is 0.455. The first-order valence-corrected chi connectivity index (χ1v) is 5.87. The Kier molecular flexibility index (Phi) is 2.45. The Morgan fingerprint density at radius 3 is 2.88 bits per heavy atom. The highest BCUT2D eigenvalue weighted by molar-refractivity contribution is 6.33. The summed E-state index contributed by atoms with van der Waals surface area (Å²) in [5.41, 5.74) is 2.02. The average molecular weight is 254 g/mol. The molecule has 17 heavy (non-hydrogen) atoms. The quantitative estimate of drug-likeness (QED) is 0.910. The molecule has 2 aromatic rings. The van der Waals surface area contributed by atoms with Crippen molar-refractivity contribution in [2.45, 2.75) is 25.4 Å². The van der Waals surface area contributed by atoms with Gasteiger partial charge in [0.15, 0.2) is 0 Å². The Morgan fingerprint density at radius 1 is 1.59 bits per heavy atom. The zero-order chi connectivity index (χ0) is 12.0. The van der Waals surface area contributed by atoms with Crippen molar-refractivity contribution < 1.29 is 9.63 Å². The van der Waals surface area contributed by atoms with Gasteiger partial charge in [-0.1, -0.05) is 16.8 Å². The van der Waals surface area contributed by atoms with Crippen LogP contribution in [0.15, 0.2) is 10.7 Å². The summed E-state index contributed by atoms with van der Waals surface area (Å²) in [5.74, 6) is 1.20. The molecule has 2 heterocycles. The normalized spacial score (nSPS) is 15.5. The van der Waals surface area contributed by atoms with Crippen LogP contribution in [0.4, 0.5) is 0 Å². The molecule has 0 atom stereocenters. The maximum absolute atomic E-state index is 9.47. The molecule has 0 aromatic carbocycles. The molecule has 1 fully saturated rings. The van der Waals surface area contributed by atoms with Crippen LogP contribution >= 0.6 is 11.6 Å². The highest BCUT2D eigenvalue weighted by Gasteiger charge is 2.33. The zero-order valence-electron chi connectivity index (χ0n) is 9.35. The Hall–Kier alpha value is -1.33. The van der Waals surface area contributed by atoms with Gasteiger partial charge < -0.3 is 9.63 Å². The van der Waals surface area contributed by atoms with Gasteiger partial charge in [0.1, 0.15) is 17.1 Å². The molecule has 0 aliphatic heterocycles. The largest absolute Gasteiger partial charge is 0.391 e. The SMILES string of the molecule is Cn1ncc(Cl)c1-c1noc(C2CC2)c1CO. The number of aromatic nitrogens is 3. The van der Waals surface area contributed by atoms with E-state index in [1.165, 1.54) is 0 Å². The summed E-state index contributed by atoms with van der Waals surface area (Å²) in [6, 6.07) is 0. The van der Waals surface area contributed by atoms with Gasteiger partial charge in [0.25, 0.3) is 0 Å². The van der Waals surface area contributed by atoms with Crippen molar-refractivity contribution in [3.63, 3.8) is 0 Å². The Bertz CT molecular complexity index is 538. The lowest BCUT2D eigenvalue weighted by Gasteiger charge is -2.01. The highest BCUT2D eigenvalue weighted by atomic mass is 35.5. The van der Waals surface area contributed by atoms with E-state index >= 15 is 0 Å². The fourth-order valence-electron chi connectivity index (χ4n) is 2.00. The molecule has 1 aliphatic carbocycles. The van der Waals surface area contributed by atoms with E-state index in [1.807, 2.05) is 0 Å². The molecule has 0 saturated heterocycles. The second kappa shape index (κ2) is 3.85. The standard InChI is InChI=1S/C11H12ClN3O2/c1-15-10(8(12)4-13-15)9-7(5-16)11(17-14-9)6-2-3-6/h4,6,16H,2-3,5H2,1H3. The summed E-state index contributed by atoms with van der Waals surface area (Å²) >= 11 is 6.07. The van der Waals surface area contributed by atoms with Crippen LogP contribution in [0.25, 0.3) is 11.4 Å². The average Bonchev–Trinajstić information content (AvgIpc) is 3.00. The topological polar surface area (TPSA) is 64.1 Å². The van der Waals surface area contributed by atoms with E-state index in [9.17, 15) is 5.11 Å². The third-order valence-corrected chi connectivity index (χ3v) is 3.32. The molecule has 6 heteroatoms. The molecule has 0 spiro atoms. The second-order valence-electron chi connectivity index (χ2n) is 4.27. The van der Waals surface area contributed by atoms with Gasteiger partial charge in [0.05, 0.1) is 23.4 Å². The molecular formula is C11H12ClN3O2. The van der Waals surface area contributed by atoms with E-state index in [0.717, 1.165) is 24.2 Å². The number of nitrogens with zero attached hydrogens (tertiary/aromatic N) is 3. The summed E-state index contributed by atoms with van der Waals surface area (Å²) in [5, 5.41) is 18.1. The van der Waals surface area contributed by atoms with E-state index in [2.05, 4.69) is 10.3 Å². The summed E-state index contributed by atoms with van der Waals surface area (Å²) in [6.45, 7) is -0.0911. The van der Waals surface area contributed by atoms with Crippen molar-refractivity contribution in [3.05, 3.63) is 22.5 Å². The van der Waals surface area contributed by atoms with Crippen LogP contribution in [0, 0.1) is 0 Å². The van der Waals surface area contributed by atoms with Gasteiger partial charge in [-0.05, 0) is 12.8 Å². The van der Waals surface area contributed by atoms with E-state index in [4.69, 9.17) is 16.1 Å². The second-order valence-corrected chi connectivity index (χ2v) is 4.68. The summed E-state index contributed by atoms with van der Waals surface area (Å²) in [6.07, 6.45) is 3.75. The van der Waals surface area contributed by atoms with Crippen LogP contribution in [-0.4, -0.2) is 20.0 Å². The van der Waals surface area contributed by atoms with Crippen molar-refractivity contribution in [1.82, 2.24) is 14.9 Å². The van der Waals surface area contributed by atoms with Crippen LogP contribution in [0.5, 0.6) is 0 Å². The first-order chi connectivity index (χ1) is 8.22. The third-order valence-electron chi connectivity index (χ3n) is 3.04. The van der Waals surface area contributed by atoms with E-state index in [1.54, 1.807) is 17.9 Å². The monoisotopic (exact) mass is 253 g/mol. The molecule has 5 nitrogen and oxygen atoms in total. The Balaban J connectivity index is 2.14. The Labute approximate surface area is 103 Å². The summed E-state index contributed by atoms with van der Waals surface area (Å²) in [7, 11) is 1.79. The Morgan fingerprint density at radius 2 is 2.35 bits per heavy atom. The minimum Gasteiger partial charge on any atom is -0.391 e. The third kappa shape index (κ3) is 1.66. The molecule has 0 radical (unpaired) electrons. The van der Waals surface area contributed by atoms with Crippen LogP contribution in [0.3, 0.4) is 0 Å². The fourth-order valence-corrected chi connectivity index (χ4v) is 2.26. The highest BCUT2D eigenvalue weighted by Crippen LogP contribution is 2.44. The first-order valence-electron chi connectivity index (χ1n) is 5.49. The minimum absolute atomic E-state index is 0.0911. The van der Waals surface area contributed by atoms with Crippen molar-refractivity contribution >= 4 is 11.6 Å². The number of rotatable bonds is 3. The molecule has 0 unspecified atom stereocenters. The number of hydrogen-bond acceptors (Lipinski definition) is 4. The molecule has 2 aromatic heterocycles. The summed E-state index contributed by atoms with van der Waals surface area (Å²) in [4.78, 5) is 0. The smallest absolute Gasteiger partial charge is 0.146 e. The van der Waals surface area contributed by atoms with Gasteiger partial charge in [0, 0.05) is 13.0 Å². The van der Waals surface area contributed by atoms with Gasteiger partial charge in [-0.15, -0.1) is 0 Å². The predicted octanol–water partition coefficient (Wildman–Crippen LogP) is 2.10. The van der Waals surface area contributed by atoms with E-state index in [-0.39, 0.29) is 6.61 Å². The lowest BCUT2D eigenvalue weighted by Crippen LogP contribution is -1.97. The van der Waals surface area contributed by atoms with Crippen molar-refractivity contribution in [1.29, 1.82) is 0 Å². The number of aliphatic hydroxyl groups is 1. The maximum atomic E-state index is 9.47. The number of hydrogen-bond donors (Lipinski definition) is 1. The molecule has 90 valence electrons. The van der Waals surface area contributed by atoms with Crippen molar-refractivity contribution in [2.24, 2.45) is 7.05 Å². The van der Waals surface area contributed by atoms with Gasteiger partial charge in [0.2, 0.25) is 0 Å². The molecule has 1 aliphatic rings. The van der Waals surface area contributed by atoms with E-state index < -0.39 is 0 Å². The van der Waals surface area contributed by atoms with Crippen molar-refractivity contribution in [3.8, 4) is 11.4 Å². The summed E-state index contributed by atoms with van der Waals surface area (Å²) < 4.78 is 6.97. The predicted molar refractivity (Wildman–Crippen MR) is 61.6 cm³/mol. The van der Waals surface area contributed by atoms with Gasteiger partial charge in [-0.2, -0.15) is 5.10 Å². The maximum Gasteiger partial charge on any atom is 0.146 e. The van der Waals surface area contributed by atoms with Crippen LogP contribution in [0.1, 0.15) is 30.1 Å². The van der Waals surface area contributed by atoms with Gasteiger partial charge in [-0.3, -0.25) is 4.68 Å². The molecule has 1 N–H and O–H groups in total. The zero-order valence-corrected chi connectivity index (χ0v) is 10.1. The molecule has 1 saturated carbocycles. The van der Waals surface area contributed by atoms with Crippen LogP contribution in [-0.2, 0) is 13.7 Å². The number of aryl methyl sites for hydroxylation is 1. The molecule has 0 bridgehead atoms. The minimum atomic E-state index is -0.0911. The molecule has 3 rings (SSSR count). The van der Waals surface area contributed by atoms with Crippen LogP contribution in [0.2, 0.25) is 5.02 Å². The van der Waals surface area contributed by atoms with Gasteiger partial charge in [-0.25, -0.2) is 0 Å². The van der Waals surface area contributed by atoms with Crippen LogP contribution < -0.4 is 0 Å². The number of halogens is 1. The van der Waals surface area contributed by atoms with E-state index in [0.29, 0.717) is 22.3 Å². The molecule has 0 amide bonds. The number of aliphatic hydroxyl groups excluding tert-OH is 1. The van der Waals surface area contributed by atoms with Gasteiger partial charge >= 0.3 is 0 Å². The van der Waals surface area contributed by atoms with Crippen molar-refractivity contribution in [2.75, 3.05) is 0 Å².